The van der Waals surface area contributed by atoms with Gasteiger partial charge in [0, 0.05) is 74.1 Å². The van der Waals surface area contributed by atoms with Gasteiger partial charge >= 0.3 is 0 Å². The molecule has 35 heavy (non-hydrogen) atoms. The van der Waals surface area contributed by atoms with E-state index in [9.17, 15) is 9.18 Å². The Morgan fingerprint density at radius 1 is 0.914 bits per heavy atom. The molecule has 0 unspecified atom stereocenters. The second kappa shape index (κ2) is 10.5. The van der Waals surface area contributed by atoms with Crippen LogP contribution in [0.15, 0.2) is 48.5 Å². The molecule has 0 aliphatic carbocycles. The molecule has 4 atom stereocenters. The Morgan fingerprint density at radius 3 is 2.17 bits per heavy atom. The smallest absolute Gasteiger partial charge is 0.227 e. The summed E-state index contributed by atoms with van der Waals surface area (Å²) in [6.07, 6.45) is 2.05. The lowest BCUT2D eigenvalue weighted by Crippen LogP contribution is -2.59. The van der Waals surface area contributed by atoms with Gasteiger partial charge in [-0.1, -0.05) is 23.7 Å². The minimum atomic E-state index is -0.230. The van der Waals surface area contributed by atoms with E-state index < -0.39 is 0 Å². The average Bonchev–Trinajstić information content (AvgIpc) is 3.31. The maximum Gasteiger partial charge on any atom is 0.227 e. The molecule has 1 amide bonds. The van der Waals surface area contributed by atoms with E-state index in [-0.39, 0.29) is 35.6 Å². The normalized spacial score (nSPS) is 28.5. The second-order valence-corrected chi connectivity index (χ2v) is 10.8. The van der Waals surface area contributed by atoms with Gasteiger partial charge < -0.3 is 14.5 Å². The summed E-state index contributed by atoms with van der Waals surface area (Å²) in [7, 11) is 0. The SMILES string of the molecule is C[C@@H]1CN(C(=O)[C@@H]2CN(C3CCOCC3)C[C@H]2c2ccc(Cl)cc2)C[C@H](C)N1c1ccc(F)cc1. The number of ether oxygens (including phenoxy) is 1. The third kappa shape index (κ3) is 5.20. The molecule has 0 radical (unpaired) electrons. The Labute approximate surface area is 212 Å². The maximum absolute atomic E-state index is 14.0. The summed E-state index contributed by atoms with van der Waals surface area (Å²) in [6.45, 7) is 8.92. The van der Waals surface area contributed by atoms with E-state index in [0.29, 0.717) is 19.1 Å². The summed E-state index contributed by atoms with van der Waals surface area (Å²) in [5.74, 6) is 0.0996. The topological polar surface area (TPSA) is 36.0 Å². The second-order valence-electron chi connectivity index (χ2n) is 10.4. The van der Waals surface area contributed by atoms with E-state index >= 15 is 0 Å². The van der Waals surface area contributed by atoms with Gasteiger partial charge in [-0.25, -0.2) is 4.39 Å². The van der Waals surface area contributed by atoms with Gasteiger partial charge in [0.15, 0.2) is 0 Å². The van der Waals surface area contributed by atoms with Crippen LogP contribution in [-0.4, -0.2) is 73.2 Å². The van der Waals surface area contributed by atoms with Gasteiger partial charge in [-0.3, -0.25) is 9.69 Å². The van der Waals surface area contributed by atoms with Crippen molar-refractivity contribution < 1.29 is 13.9 Å². The van der Waals surface area contributed by atoms with Crippen molar-refractivity contribution >= 4 is 23.2 Å². The number of hydrogen-bond donors (Lipinski definition) is 0. The van der Waals surface area contributed by atoms with Gasteiger partial charge in [-0.2, -0.15) is 0 Å². The summed E-state index contributed by atoms with van der Waals surface area (Å²) in [5.41, 5.74) is 2.19. The van der Waals surface area contributed by atoms with Crippen LogP contribution < -0.4 is 4.90 Å². The minimum absolute atomic E-state index is 0.0733. The van der Waals surface area contributed by atoms with E-state index in [0.717, 1.165) is 49.9 Å². The van der Waals surface area contributed by atoms with Crippen LogP contribution in [0.1, 0.15) is 38.2 Å². The Balaban J connectivity index is 1.34. The van der Waals surface area contributed by atoms with E-state index in [2.05, 4.69) is 40.7 Å². The molecule has 2 aromatic rings. The van der Waals surface area contributed by atoms with Crippen LogP contribution in [0, 0.1) is 11.7 Å². The average molecular weight is 500 g/mol. The Morgan fingerprint density at radius 2 is 1.54 bits per heavy atom. The van der Waals surface area contributed by atoms with Crippen molar-refractivity contribution in [3.8, 4) is 0 Å². The molecule has 3 saturated heterocycles. The number of carbonyl (C=O) groups excluding carboxylic acids is 1. The van der Waals surface area contributed by atoms with Crippen LogP contribution >= 0.6 is 11.6 Å². The third-order valence-electron chi connectivity index (χ3n) is 8.03. The first-order chi connectivity index (χ1) is 16.9. The molecule has 5 rings (SSSR count). The zero-order valence-corrected chi connectivity index (χ0v) is 21.3. The molecule has 5 nitrogen and oxygen atoms in total. The number of anilines is 1. The van der Waals surface area contributed by atoms with Crippen molar-refractivity contribution in [3.63, 3.8) is 0 Å². The summed E-state index contributed by atoms with van der Waals surface area (Å²) in [6, 6.07) is 15.5. The Kier molecular flexibility index (Phi) is 7.33. The van der Waals surface area contributed by atoms with E-state index in [1.165, 1.54) is 17.7 Å². The molecule has 3 aliphatic rings. The summed E-state index contributed by atoms with van der Waals surface area (Å²) in [4.78, 5) is 20.9. The molecular weight excluding hydrogens is 465 g/mol. The molecule has 7 heteroatoms. The Bertz CT molecular complexity index is 1000. The van der Waals surface area contributed by atoms with E-state index in [1.807, 2.05) is 24.3 Å². The summed E-state index contributed by atoms with van der Waals surface area (Å²) < 4.78 is 19.1. The number of hydrogen-bond acceptors (Lipinski definition) is 4. The molecule has 0 bridgehead atoms. The van der Waals surface area contributed by atoms with Gasteiger partial charge in [-0.05, 0) is 68.7 Å². The first-order valence-electron chi connectivity index (χ1n) is 12.8. The van der Waals surface area contributed by atoms with Crippen LogP contribution in [0.25, 0.3) is 0 Å². The fourth-order valence-electron chi connectivity index (χ4n) is 6.34. The van der Waals surface area contributed by atoms with Crippen molar-refractivity contribution in [1.82, 2.24) is 9.80 Å². The van der Waals surface area contributed by atoms with Crippen molar-refractivity contribution in [2.45, 2.75) is 50.7 Å². The quantitative estimate of drug-likeness (QED) is 0.605. The molecule has 0 N–H and O–H groups in total. The lowest BCUT2D eigenvalue weighted by molar-refractivity contribution is -0.137. The zero-order valence-electron chi connectivity index (χ0n) is 20.6. The highest BCUT2D eigenvalue weighted by molar-refractivity contribution is 6.30. The maximum atomic E-state index is 14.0. The Hall–Kier alpha value is -2.15. The van der Waals surface area contributed by atoms with Crippen molar-refractivity contribution in [1.29, 1.82) is 0 Å². The lowest BCUT2D eigenvalue weighted by atomic mass is 9.87. The molecule has 0 aromatic heterocycles. The molecule has 0 spiro atoms. The minimum Gasteiger partial charge on any atom is -0.381 e. The lowest BCUT2D eigenvalue weighted by Gasteiger charge is -2.46. The molecule has 2 aromatic carbocycles. The fraction of sp³-hybridized carbons (Fsp3) is 0.536. The summed E-state index contributed by atoms with van der Waals surface area (Å²) >= 11 is 6.17. The number of likely N-dealkylation sites (tertiary alicyclic amines) is 1. The van der Waals surface area contributed by atoms with Crippen LogP contribution in [0.4, 0.5) is 10.1 Å². The molecule has 3 fully saturated rings. The highest BCUT2D eigenvalue weighted by Gasteiger charge is 2.44. The molecule has 3 aliphatic heterocycles. The van der Waals surface area contributed by atoms with Gasteiger partial charge in [-0.15, -0.1) is 0 Å². The fourth-order valence-corrected chi connectivity index (χ4v) is 6.47. The van der Waals surface area contributed by atoms with Crippen LogP contribution in [0.3, 0.4) is 0 Å². The van der Waals surface area contributed by atoms with E-state index in [4.69, 9.17) is 16.3 Å². The van der Waals surface area contributed by atoms with Crippen molar-refractivity contribution in [2.75, 3.05) is 44.3 Å². The predicted octanol–water partition coefficient (Wildman–Crippen LogP) is 4.80. The van der Waals surface area contributed by atoms with Crippen molar-refractivity contribution in [2.24, 2.45) is 5.92 Å². The van der Waals surface area contributed by atoms with Crippen molar-refractivity contribution in [3.05, 3.63) is 64.9 Å². The highest BCUT2D eigenvalue weighted by atomic mass is 35.5. The number of piperazine rings is 1. The molecule has 3 heterocycles. The van der Waals surface area contributed by atoms with Gasteiger partial charge in [0.05, 0.1) is 5.92 Å². The third-order valence-corrected chi connectivity index (χ3v) is 8.28. The number of amides is 1. The number of nitrogens with zero attached hydrogens (tertiary/aromatic N) is 3. The predicted molar refractivity (Wildman–Crippen MR) is 137 cm³/mol. The van der Waals surface area contributed by atoms with Crippen LogP contribution in [0.5, 0.6) is 0 Å². The monoisotopic (exact) mass is 499 g/mol. The van der Waals surface area contributed by atoms with Gasteiger partial charge in [0.2, 0.25) is 5.91 Å². The molecule has 0 saturated carbocycles. The molecule has 188 valence electrons. The van der Waals surface area contributed by atoms with Gasteiger partial charge in [0.25, 0.3) is 0 Å². The highest BCUT2D eigenvalue weighted by Crippen LogP contribution is 2.38. The first kappa shape index (κ1) is 24.5. The summed E-state index contributed by atoms with van der Waals surface area (Å²) in [5, 5.41) is 0.718. The number of benzene rings is 2. The van der Waals surface area contributed by atoms with Gasteiger partial charge in [0.1, 0.15) is 5.82 Å². The number of halogens is 2. The standard InChI is InChI=1S/C28H35ClFN3O2/c1-19-15-32(16-20(2)33(19)25-9-7-23(30)8-10-25)28(34)27-18-31(24-11-13-35-14-12-24)17-26(27)21-3-5-22(29)6-4-21/h3-10,19-20,24,26-27H,11-18H2,1-2H3/t19-,20+,26-,27+/m0/s1. The zero-order chi connectivity index (χ0) is 24.5. The molecular formula is C28H35ClFN3O2. The largest absolute Gasteiger partial charge is 0.381 e. The first-order valence-corrected chi connectivity index (χ1v) is 13.2. The van der Waals surface area contributed by atoms with Crippen LogP contribution in [0.2, 0.25) is 5.02 Å². The number of rotatable bonds is 4. The number of carbonyl (C=O) groups is 1. The van der Waals surface area contributed by atoms with Crippen LogP contribution in [-0.2, 0) is 9.53 Å². The van der Waals surface area contributed by atoms with E-state index in [1.54, 1.807) is 0 Å².